The Labute approximate surface area is 37.3 Å². The highest BCUT2D eigenvalue weighted by molar-refractivity contribution is 4.89. The molecule has 33 valence electrons. The second-order valence-corrected chi connectivity index (χ2v) is 1.48. The topological polar surface area (TPSA) is 20.2 Å². The molecule has 0 aromatic heterocycles. The van der Waals surface area contributed by atoms with Gasteiger partial charge in [-0.25, -0.2) is 0 Å². The molecule has 1 heteroatoms. The van der Waals surface area contributed by atoms with Crippen molar-refractivity contribution in [2.24, 2.45) is 0 Å². The first-order chi connectivity index (χ1) is 2.89. The number of aliphatic hydroxyl groups is 1. The molecule has 0 aromatic carbocycles. The SMILES string of the molecule is OC1=[C]CCC1. The van der Waals surface area contributed by atoms with Gasteiger partial charge in [0.15, 0.2) is 0 Å². The van der Waals surface area contributed by atoms with E-state index in [0.29, 0.717) is 5.76 Å². The highest BCUT2D eigenvalue weighted by atomic mass is 16.3. The van der Waals surface area contributed by atoms with Gasteiger partial charge in [-0.3, -0.25) is 0 Å². The zero-order valence-electron chi connectivity index (χ0n) is 3.57. The second-order valence-electron chi connectivity index (χ2n) is 1.48. The summed E-state index contributed by atoms with van der Waals surface area (Å²) in [6.45, 7) is 0. The van der Waals surface area contributed by atoms with E-state index in [1.165, 1.54) is 0 Å². The van der Waals surface area contributed by atoms with Crippen molar-refractivity contribution in [1.29, 1.82) is 0 Å². The molecule has 0 bridgehead atoms. The molecule has 6 heavy (non-hydrogen) atoms. The summed E-state index contributed by atoms with van der Waals surface area (Å²) in [5, 5.41) is 8.53. The van der Waals surface area contributed by atoms with Crippen molar-refractivity contribution in [3.05, 3.63) is 11.8 Å². The molecule has 0 spiro atoms. The molecule has 0 heterocycles. The van der Waals surface area contributed by atoms with Crippen LogP contribution in [0.25, 0.3) is 0 Å². The van der Waals surface area contributed by atoms with Crippen LogP contribution in [-0.4, -0.2) is 5.11 Å². The van der Waals surface area contributed by atoms with Gasteiger partial charge in [0.25, 0.3) is 0 Å². The van der Waals surface area contributed by atoms with Gasteiger partial charge in [-0.15, -0.1) is 0 Å². The lowest BCUT2D eigenvalue weighted by molar-refractivity contribution is 0.395. The average Bonchev–Trinajstić information content (AvgIpc) is 1.86. The highest BCUT2D eigenvalue weighted by Crippen LogP contribution is 2.12. The van der Waals surface area contributed by atoms with E-state index in [-0.39, 0.29) is 0 Å². The first-order valence-electron chi connectivity index (χ1n) is 2.18. The maximum absolute atomic E-state index is 8.53. The largest absolute Gasteiger partial charge is 0.512 e. The van der Waals surface area contributed by atoms with Crippen LogP contribution < -0.4 is 0 Å². The smallest absolute Gasteiger partial charge is 0.0958 e. The molecule has 1 radical (unpaired) electrons. The summed E-state index contributed by atoms with van der Waals surface area (Å²) in [6, 6.07) is 0. The molecule has 0 fully saturated rings. The third-order valence-electron chi connectivity index (χ3n) is 0.919. The summed E-state index contributed by atoms with van der Waals surface area (Å²) in [6.07, 6.45) is 5.68. The van der Waals surface area contributed by atoms with E-state index < -0.39 is 0 Å². The predicted molar refractivity (Wildman–Crippen MR) is 23.2 cm³/mol. The van der Waals surface area contributed by atoms with Gasteiger partial charge < -0.3 is 5.11 Å². The van der Waals surface area contributed by atoms with Gasteiger partial charge in [0.05, 0.1) is 5.76 Å². The first-order valence-corrected chi connectivity index (χ1v) is 2.18. The average molecular weight is 83.1 g/mol. The normalized spacial score (nSPS) is 21.0. The minimum absolute atomic E-state index is 0.454. The van der Waals surface area contributed by atoms with Gasteiger partial charge in [0.2, 0.25) is 0 Å². The lowest BCUT2D eigenvalue weighted by Gasteiger charge is -1.79. The van der Waals surface area contributed by atoms with Crippen LogP contribution in [0.2, 0.25) is 0 Å². The van der Waals surface area contributed by atoms with Crippen molar-refractivity contribution < 1.29 is 5.11 Å². The molecule has 1 aliphatic carbocycles. The van der Waals surface area contributed by atoms with Crippen LogP contribution in [0, 0.1) is 6.08 Å². The van der Waals surface area contributed by atoms with Crippen molar-refractivity contribution in [2.45, 2.75) is 19.3 Å². The third kappa shape index (κ3) is 0.534. The van der Waals surface area contributed by atoms with Crippen molar-refractivity contribution >= 4 is 0 Å². The molecular formula is C5H7O. The molecule has 0 unspecified atom stereocenters. The fourth-order valence-electron chi connectivity index (χ4n) is 0.577. The molecular weight excluding hydrogens is 76.1 g/mol. The lowest BCUT2D eigenvalue weighted by Crippen LogP contribution is -1.66. The Bertz CT molecular complexity index is 74.0. The van der Waals surface area contributed by atoms with E-state index in [1.54, 1.807) is 0 Å². The van der Waals surface area contributed by atoms with Crippen LogP contribution >= 0.6 is 0 Å². The summed E-state index contributed by atoms with van der Waals surface area (Å²) >= 11 is 0. The van der Waals surface area contributed by atoms with Crippen LogP contribution in [0.4, 0.5) is 0 Å². The molecule has 1 aliphatic rings. The van der Waals surface area contributed by atoms with Crippen LogP contribution in [-0.2, 0) is 0 Å². The van der Waals surface area contributed by atoms with Gasteiger partial charge in [-0.05, 0) is 18.9 Å². The van der Waals surface area contributed by atoms with Crippen LogP contribution in [0.3, 0.4) is 0 Å². The quantitative estimate of drug-likeness (QED) is 0.469. The number of aliphatic hydroxyl groups excluding tert-OH is 1. The Hall–Kier alpha value is -0.460. The fourth-order valence-corrected chi connectivity index (χ4v) is 0.577. The summed E-state index contributed by atoms with van der Waals surface area (Å²) in [7, 11) is 0. The molecule has 0 aromatic rings. The highest BCUT2D eigenvalue weighted by Gasteiger charge is 1.99. The number of rotatable bonds is 0. The molecule has 0 atom stereocenters. The van der Waals surface area contributed by atoms with Gasteiger partial charge >= 0.3 is 0 Å². The Kier molecular flexibility index (Phi) is 0.825. The van der Waals surface area contributed by atoms with E-state index in [2.05, 4.69) is 6.08 Å². The second kappa shape index (κ2) is 1.33. The first kappa shape index (κ1) is 3.72. The van der Waals surface area contributed by atoms with E-state index in [0.717, 1.165) is 19.3 Å². The van der Waals surface area contributed by atoms with Gasteiger partial charge in [-0.2, -0.15) is 0 Å². The Morgan fingerprint density at radius 1 is 1.67 bits per heavy atom. The zero-order chi connectivity index (χ0) is 4.41. The molecule has 1 nitrogen and oxygen atoms in total. The van der Waals surface area contributed by atoms with E-state index in [1.807, 2.05) is 0 Å². The van der Waals surface area contributed by atoms with Crippen molar-refractivity contribution in [3.8, 4) is 0 Å². The predicted octanol–water partition coefficient (Wildman–Crippen LogP) is 1.42. The number of allylic oxidation sites excluding steroid dienone is 2. The molecule has 1 N–H and O–H groups in total. The third-order valence-corrected chi connectivity index (χ3v) is 0.919. The summed E-state index contributed by atoms with van der Waals surface area (Å²) in [5.74, 6) is 0.454. The van der Waals surface area contributed by atoms with Crippen molar-refractivity contribution in [1.82, 2.24) is 0 Å². The van der Waals surface area contributed by atoms with Gasteiger partial charge in [0.1, 0.15) is 0 Å². The van der Waals surface area contributed by atoms with Crippen molar-refractivity contribution in [2.75, 3.05) is 0 Å². The van der Waals surface area contributed by atoms with E-state index in [4.69, 9.17) is 5.11 Å². The molecule has 0 aliphatic heterocycles. The Morgan fingerprint density at radius 3 is 2.67 bits per heavy atom. The fraction of sp³-hybridized carbons (Fsp3) is 0.600. The summed E-state index contributed by atoms with van der Waals surface area (Å²) in [5.41, 5.74) is 0. The summed E-state index contributed by atoms with van der Waals surface area (Å²) in [4.78, 5) is 0. The molecule has 0 saturated heterocycles. The molecule has 1 rings (SSSR count). The van der Waals surface area contributed by atoms with E-state index >= 15 is 0 Å². The lowest BCUT2D eigenvalue weighted by atomic mass is 10.4. The number of hydrogen-bond donors (Lipinski definition) is 1. The van der Waals surface area contributed by atoms with E-state index in [9.17, 15) is 0 Å². The maximum Gasteiger partial charge on any atom is 0.0958 e. The van der Waals surface area contributed by atoms with Crippen LogP contribution in [0.5, 0.6) is 0 Å². The van der Waals surface area contributed by atoms with Crippen LogP contribution in [0.15, 0.2) is 5.76 Å². The standard InChI is InChI=1S/C5H7O/c6-5-3-1-2-4-5/h6H,1-3H2. The maximum atomic E-state index is 8.53. The van der Waals surface area contributed by atoms with Crippen LogP contribution in [0.1, 0.15) is 19.3 Å². The molecule has 0 saturated carbocycles. The minimum Gasteiger partial charge on any atom is -0.512 e. The van der Waals surface area contributed by atoms with Gasteiger partial charge in [0, 0.05) is 6.42 Å². The zero-order valence-corrected chi connectivity index (χ0v) is 3.57. The Morgan fingerprint density at radius 2 is 2.50 bits per heavy atom. The monoisotopic (exact) mass is 83.0 g/mol. The number of hydrogen-bond acceptors (Lipinski definition) is 1. The van der Waals surface area contributed by atoms with Crippen molar-refractivity contribution in [3.63, 3.8) is 0 Å². The summed E-state index contributed by atoms with van der Waals surface area (Å²) < 4.78 is 0. The van der Waals surface area contributed by atoms with Gasteiger partial charge in [-0.1, -0.05) is 0 Å². The minimum atomic E-state index is 0.454. The molecule has 0 amide bonds. The Balaban J connectivity index is 2.45.